The number of furan rings is 1. The molecule has 0 aliphatic heterocycles. The highest BCUT2D eigenvalue weighted by Crippen LogP contribution is 2.29. The van der Waals surface area contributed by atoms with Crippen molar-refractivity contribution in [3.8, 4) is 5.75 Å². The van der Waals surface area contributed by atoms with Gasteiger partial charge in [-0.15, -0.1) is 0 Å². The number of carboxylic acid groups (broad SMARTS) is 1. The van der Waals surface area contributed by atoms with Crippen LogP contribution in [0.1, 0.15) is 16.1 Å². The van der Waals surface area contributed by atoms with Gasteiger partial charge in [0.15, 0.2) is 0 Å². The summed E-state index contributed by atoms with van der Waals surface area (Å²) >= 11 is 6.70. The third-order valence-electron chi connectivity index (χ3n) is 2.22. The fourth-order valence-electron chi connectivity index (χ4n) is 1.38. The van der Waals surface area contributed by atoms with Crippen LogP contribution in [0.4, 0.5) is 0 Å². The minimum Gasteiger partial charge on any atom is -0.488 e. The molecule has 0 atom stereocenters. The van der Waals surface area contributed by atoms with Gasteiger partial charge in [-0.1, -0.05) is 15.9 Å². The predicted molar refractivity (Wildman–Crippen MR) is 71.8 cm³/mol. The molecular formula is C12H8Br2O4. The van der Waals surface area contributed by atoms with E-state index in [1.165, 1.54) is 6.26 Å². The molecule has 18 heavy (non-hydrogen) atoms. The Balaban J connectivity index is 2.11. The molecule has 6 heteroatoms. The van der Waals surface area contributed by atoms with Gasteiger partial charge in [0.25, 0.3) is 0 Å². The Bertz CT molecular complexity index is 577. The first-order valence-corrected chi connectivity index (χ1v) is 6.54. The van der Waals surface area contributed by atoms with Gasteiger partial charge in [-0.3, -0.25) is 0 Å². The fraction of sp³-hybridized carbons (Fsp3) is 0.0833. The average molecular weight is 376 g/mol. The van der Waals surface area contributed by atoms with E-state index in [0.29, 0.717) is 11.3 Å². The Morgan fingerprint density at radius 2 is 2.11 bits per heavy atom. The number of halogens is 2. The Labute approximate surface area is 120 Å². The summed E-state index contributed by atoms with van der Waals surface area (Å²) in [5.41, 5.74) is 0.498. The zero-order chi connectivity index (χ0) is 13.1. The van der Waals surface area contributed by atoms with Crippen LogP contribution in [0.5, 0.6) is 5.75 Å². The highest BCUT2D eigenvalue weighted by molar-refractivity contribution is 9.11. The second-order valence-corrected chi connectivity index (χ2v) is 5.21. The summed E-state index contributed by atoms with van der Waals surface area (Å²) < 4.78 is 12.1. The van der Waals surface area contributed by atoms with Gasteiger partial charge in [0.1, 0.15) is 12.4 Å². The normalized spacial score (nSPS) is 10.3. The summed E-state index contributed by atoms with van der Waals surface area (Å²) in [6.07, 6.45) is 1.33. The van der Waals surface area contributed by atoms with Crippen LogP contribution in [-0.4, -0.2) is 11.1 Å². The minimum atomic E-state index is -1.10. The monoisotopic (exact) mass is 374 g/mol. The van der Waals surface area contributed by atoms with Gasteiger partial charge >= 0.3 is 5.97 Å². The van der Waals surface area contributed by atoms with E-state index in [-0.39, 0.29) is 12.4 Å². The quantitative estimate of drug-likeness (QED) is 0.874. The van der Waals surface area contributed by atoms with E-state index in [1.807, 2.05) is 12.1 Å². The van der Waals surface area contributed by atoms with Gasteiger partial charge in [-0.2, -0.15) is 0 Å². The van der Waals surface area contributed by atoms with Crippen molar-refractivity contribution in [3.05, 3.63) is 50.8 Å². The molecule has 2 aromatic rings. The molecule has 0 bridgehead atoms. The van der Waals surface area contributed by atoms with Crippen molar-refractivity contribution in [1.82, 2.24) is 0 Å². The lowest BCUT2D eigenvalue weighted by atomic mass is 10.2. The van der Waals surface area contributed by atoms with Crippen molar-refractivity contribution in [2.45, 2.75) is 6.61 Å². The summed E-state index contributed by atoms with van der Waals surface area (Å²) in [6.45, 7) is 0.137. The number of hydrogen-bond donors (Lipinski definition) is 1. The summed E-state index contributed by atoms with van der Waals surface area (Å²) in [4.78, 5) is 10.8. The summed E-state index contributed by atoms with van der Waals surface area (Å²) in [7, 11) is 0. The van der Waals surface area contributed by atoms with Crippen LogP contribution in [0, 0.1) is 0 Å². The van der Waals surface area contributed by atoms with E-state index < -0.39 is 5.97 Å². The maximum absolute atomic E-state index is 10.8. The molecule has 0 aliphatic carbocycles. The lowest BCUT2D eigenvalue weighted by Crippen LogP contribution is -2.02. The van der Waals surface area contributed by atoms with Crippen LogP contribution in [0.25, 0.3) is 0 Å². The van der Waals surface area contributed by atoms with Gasteiger partial charge in [0.2, 0.25) is 5.76 Å². The van der Waals surface area contributed by atoms with Crippen molar-refractivity contribution < 1.29 is 19.1 Å². The number of aromatic carboxylic acids is 1. The lowest BCUT2D eigenvalue weighted by molar-refractivity contribution is 0.0658. The van der Waals surface area contributed by atoms with Crippen molar-refractivity contribution in [3.63, 3.8) is 0 Å². The summed E-state index contributed by atoms with van der Waals surface area (Å²) in [5.74, 6) is -0.563. The number of carboxylic acids is 1. The molecule has 1 heterocycles. The molecule has 0 saturated heterocycles. The molecule has 2 rings (SSSR count). The number of rotatable bonds is 4. The third-order valence-corrected chi connectivity index (χ3v) is 3.33. The number of ether oxygens (including phenoxy) is 1. The summed E-state index contributed by atoms with van der Waals surface area (Å²) in [5, 5.41) is 8.88. The van der Waals surface area contributed by atoms with Crippen LogP contribution in [0.2, 0.25) is 0 Å². The first kappa shape index (κ1) is 13.2. The molecule has 0 saturated carbocycles. The second kappa shape index (κ2) is 5.58. The minimum absolute atomic E-state index is 0.0942. The van der Waals surface area contributed by atoms with Gasteiger partial charge in [0, 0.05) is 10.0 Å². The molecule has 4 nitrogen and oxygen atoms in total. The molecule has 94 valence electrons. The maximum atomic E-state index is 10.8. The van der Waals surface area contributed by atoms with Gasteiger partial charge in [0.05, 0.1) is 10.7 Å². The first-order valence-electron chi connectivity index (χ1n) is 4.95. The lowest BCUT2D eigenvalue weighted by Gasteiger charge is -2.07. The molecule has 0 spiro atoms. The maximum Gasteiger partial charge on any atom is 0.372 e. The molecule has 1 aromatic carbocycles. The van der Waals surface area contributed by atoms with Crippen LogP contribution in [0.15, 0.2) is 43.9 Å². The van der Waals surface area contributed by atoms with E-state index in [9.17, 15) is 4.79 Å². The smallest absolute Gasteiger partial charge is 0.372 e. The highest BCUT2D eigenvalue weighted by Gasteiger charge is 2.14. The SMILES string of the molecule is O=C(O)c1occc1COc1ccc(Br)cc1Br. The van der Waals surface area contributed by atoms with Crippen LogP contribution in [-0.2, 0) is 6.61 Å². The van der Waals surface area contributed by atoms with E-state index in [4.69, 9.17) is 14.3 Å². The Hall–Kier alpha value is -1.27. The number of hydrogen-bond acceptors (Lipinski definition) is 3. The number of carbonyl (C=O) groups is 1. The van der Waals surface area contributed by atoms with E-state index in [0.717, 1.165) is 8.95 Å². The van der Waals surface area contributed by atoms with Crippen LogP contribution < -0.4 is 4.74 Å². The molecule has 0 unspecified atom stereocenters. The van der Waals surface area contributed by atoms with Crippen molar-refractivity contribution in [1.29, 1.82) is 0 Å². The predicted octanol–water partition coefficient (Wildman–Crippen LogP) is 4.08. The third kappa shape index (κ3) is 2.94. The van der Waals surface area contributed by atoms with Crippen molar-refractivity contribution in [2.24, 2.45) is 0 Å². The second-order valence-electron chi connectivity index (χ2n) is 3.44. The Morgan fingerprint density at radius 3 is 2.78 bits per heavy atom. The highest BCUT2D eigenvalue weighted by atomic mass is 79.9. The van der Waals surface area contributed by atoms with E-state index in [1.54, 1.807) is 12.1 Å². The van der Waals surface area contributed by atoms with E-state index in [2.05, 4.69) is 31.9 Å². The van der Waals surface area contributed by atoms with Crippen molar-refractivity contribution >= 4 is 37.8 Å². The summed E-state index contributed by atoms with van der Waals surface area (Å²) in [6, 6.07) is 7.06. The van der Waals surface area contributed by atoms with E-state index >= 15 is 0 Å². The molecule has 0 fully saturated rings. The van der Waals surface area contributed by atoms with Crippen molar-refractivity contribution in [2.75, 3.05) is 0 Å². The largest absolute Gasteiger partial charge is 0.488 e. The molecular weight excluding hydrogens is 368 g/mol. The molecule has 0 amide bonds. The topological polar surface area (TPSA) is 59.7 Å². The standard InChI is InChI=1S/C12H8Br2O4/c13-8-1-2-10(9(14)5-8)18-6-7-3-4-17-11(7)12(15)16/h1-5H,6H2,(H,15,16). The molecule has 0 aliphatic rings. The number of benzene rings is 1. The Morgan fingerprint density at radius 1 is 1.33 bits per heavy atom. The average Bonchev–Trinajstić information content (AvgIpc) is 2.76. The fourth-order valence-corrected chi connectivity index (χ4v) is 2.55. The molecule has 1 aromatic heterocycles. The first-order chi connectivity index (χ1) is 8.58. The van der Waals surface area contributed by atoms with Crippen LogP contribution >= 0.6 is 31.9 Å². The zero-order valence-corrected chi connectivity index (χ0v) is 12.2. The molecule has 0 radical (unpaired) electrons. The Kier molecular flexibility index (Phi) is 4.08. The van der Waals surface area contributed by atoms with Gasteiger partial charge in [-0.25, -0.2) is 4.79 Å². The van der Waals surface area contributed by atoms with Crippen LogP contribution in [0.3, 0.4) is 0 Å². The molecule has 1 N–H and O–H groups in total. The van der Waals surface area contributed by atoms with Gasteiger partial charge < -0.3 is 14.3 Å². The van der Waals surface area contributed by atoms with Gasteiger partial charge in [-0.05, 0) is 40.2 Å². The zero-order valence-electron chi connectivity index (χ0n) is 9.02.